The fraction of sp³-hybridized carbons (Fsp3) is 0.444. The van der Waals surface area contributed by atoms with Gasteiger partial charge in [-0.25, -0.2) is 4.98 Å². The van der Waals surface area contributed by atoms with Crippen LogP contribution in [-0.2, 0) is 4.79 Å². The van der Waals surface area contributed by atoms with E-state index >= 15 is 0 Å². The van der Waals surface area contributed by atoms with E-state index in [0.29, 0.717) is 54.0 Å². The van der Waals surface area contributed by atoms with E-state index in [4.69, 9.17) is 4.42 Å². The number of piperidine rings is 1. The molecule has 0 bridgehead atoms. The first-order chi connectivity index (χ1) is 16.0. The number of carbonyl (C=O) groups is 2. The molecule has 2 amide bonds. The van der Waals surface area contributed by atoms with Crippen molar-refractivity contribution in [3.8, 4) is 11.5 Å². The van der Waals surface area contributed by atoms with Crippen molar-refractivity contribution >= 4 is 22.9 Å². The van der Waals surface area contributed by atoms with Crippen LogP contribution in [-0.4, -0.2) is 40.8 Å². The second-order valence-electron chi connectivity index (χ2n) is 9.56. The van der Waals surface area contributed by atoms with Gasteiger partial charge in [0.15, 0.2) is 5.58 Å². The lowest BCUT2D eigenvalue weighted by molar-refractivity contribution is -0.123. The van der Waals surface area contributed by atoms with Crippen LogP contribution in [0.1, 0.15) is 60.9 Å². The molecule has 2 fully saturated rings. The molecule has 1 aliphatic heterocycles. The number of oxazole rings is 1. The topological polar surface area (TPSA) is 75.4 Å². The zero-order valence-corrected chi connectivity index (χ0v) is 19.2. The predicted octanol–water partition coefficient (Wildman–Crippen LogP) is 5.10. The molecule has 0 unspecified atom stereocenters. The SMILES string of the molecule is Cc1ccc(-c2nc3cc(C(=O)N4CCC(CC(=O)NC5CCCC5)CC4)ccc3o2)cc1. The summed E-state index contributed by atoms with van der Waals surface area (Å²) >= 11 is 0. The van der Waals surface area contributed by atoms with Gasteiger partial charge in [0, 0.05) is 36.7 Å². The van der Waals surface area contributed by atoms with Gasteiger partial charge in [-0.15, -0.1) is 0 Å². The first-order valence-corrected chi connectivity index (χ1v) is 12.1. The summed E-state index contributed by atoms with van der Waals surface area (Å²) in [6.07, 6.45) is 6.98. The summed E-state index contributed by atoms with van der Waals surface area (Å²) in [4.78, 5) is 31.9. The maximum atomic E-state index is 13.1. The Bertz CT molecular complexity index is 1140. The predicted molar refractivity (Wildman–Crippen MR) is 128 cm³/mol. The zero-order valence-electron chi connectivity index (χ0n) is 19.2. The van der Waals surface area contributed by atoms with E-state index in [1.54, 1.807) is 0 Å². The van der Waals surface area contributed by atoms with Crippen molar-refractivity contribution < 1.29 is 14.0 Å². The number of aromatic nitrogens is 1. The number of carbonyl (C=O) groups excluding carboxylic acids is 2. The van der Waals surface area contributed by atoms with E-state index in [1.807, 2.05) is 54.3 Å². The smallest absolute Gasteiger partial charge is 0.253 e. The zero-order chi connectivity index (χ0) is 22.8. The van der Waals surface area contributed by atoms with Crippen LogP contribution in [0.5, 0.6) is 0 Å². The Morgan fingerprint density at radius 1 is 1.03 bits per heavy atom. The largest absolute Gasteiger partial charge is 0.436 e. The van der Waals surface area contributed by atoms with Crippen LogP contribution < -0.4 is 5.32 Å². The Kier molecular flexibility index (Phi) is 6.16. The van der Waals surface area contributed by atoms with E-state index < -0.39 is 0 Å². The summed E-state index contributed by atoms with van der Waals surface area (Å²) in [6, 6.07) is 13.9. The number of nitrogens with one attached hydrogen (secondary N) is 1. The van der Waals surface area contributed by atoms with Crippen molar-refractivity contribution in [1.82, 2.24) is 15.2 Å². The Hall–Kier alpha value is -3.15. The number of benzene rings is 2. The quantitative estimate of drug-likeness (QED) is 0.593. The van der Waals surface area contributed by atoms with Crippen LogP contribution >= 0.6 is 0 Å². The lowest BCUT2D eigenvalue weighted by atomic mass is 9.92. The third-order valence-corrected chi connectivity index (χ3v) is 7.03. The number of likely N-dealkylation sites (tertiary alicyclic amines) is 1. The van der Waals surface area contributed by atoms with E-state index in [2.05, 4.69) is 10.3 Å². The maximum Gasteiger partial charge on any atom is 0.253 e. The molecule has 1 saturated heterocycles. The highest BCUT2D eigenvalue weighted by atomic mass is 16.3. The standard InChI is InChI=1S/C27H31N3O3/c1-18-6-8-20(9-7-18)26-29-23-17-21(10-11-24(23)33-26)27(32)30-14-12-19(13-15-30)16-25(31)28-22-4-2-3-5-22/h6-11,17,19,22H,2-5,12-16H2,1H3,(H,28,31). The molecule has 1 saturated carbocycles. The van der Waals surface area contributed by atoms with Gasteiger partial charge in [-0.05, 0) is 68.9 Å². The minimum Gasteiger partial charge on any atom is -0.436 e. The number of nitrogens with zero attached hydrogens (tertiary/aromatic N) is 2. The molecule has 2 heterocycles. The van der Waals surface area contributed by atoms with Crippen molar-refractivity contribution in [2.24, 2.45) is 5.92 Å². The molecule has 1 aliphatic carbocycles. The molecule has 6 nitrogen and oxygen atoms in total. The molecular formula is C27H31N3O3. The van der Waals surface area contributed by atoms with Gasteiger partial charge in [-0.3, -0.25) is 9.59 Å². The normalized spacial score (nSPS) is 17.5. The summed E-state index contributed by atoms with van der Waals surface area (Å²) in [5.74, 6) is 1.11. The van der Waals surface area contributed by atoms with Gasteiger partial charge in [0.25, 0.3) is 5.91 Å². The lowest BCUT2D eigenvalue weighted by Gasteiger charge is -2.32. The second kappa shape index (κ2) is 9.38. The van der Waals surface area contributed by atoms with E-state index in [-0.39, 0.29) is 11.8 Å². The highest BCUT2D eigenvalue weighted by Gasteiger charge is 2.26. The molecule has 5 rings (SSSR count). The minimum absolute atomic E-state index is 0.0191. The molecule has 6 heteroatoms. The number of amides is 2. The summed E-state index contributed by atoms with van der Waals surface area (Å²) in [7, 11) is 0. The van der Waals surface area contributed by atoms with E-state index in [1.165, 1.54) is 18.4 Å². The van der Waals surface area contributed by atoms with Crippen LogP contribution in [0.2, 0.25) is 0 Å². The lowest BCUT2D eigenvalue weighted by Crippen LogP contribution is -2.40. The van der Waals surface area contributed by atoms with Crippen molar-refractivity contribution in [3.05, 3.63) is 53.6 Å². The van der Waals surface area contributed by atoms with E-state index in [9.17, 15) is 9.59 Å². The molecule has 1 aromatic heterocycles. The van der Waals surface area contributed by atoms with Gasteiger partial charge in [-0.1, -0.05) is 30.5 Å². The Labute approximate surface area is 194 Å². The number of fused-ring (bicyclic) bond motifs is 1. The molecule has 2 aromatic carbocycles. The van der Waals surface area contributed by atoms with Crippen LogP contribution in [0, 0.1) is 12.8 Å². The van der Waals surface area contributed by atoms with Crippen LogP contribution in [0.4, 0.5) is 0 Å². The molecule has 0 atom stereocenters. The molecule has 172 valence electrons. The molecular weight excluding hydrogens is 414 g/mol. The van der Waals surface area contributed by atoms with Crippen LogP contribution in [0.25, 0.3) is 22.6 Å². The summed E-state index contributed by atoms with van der Waals surface area (Å²) in [5.41, 5.74) is 4.09. The van der Waals surface area contributed by atoms with Crippen LogP contribution in [0.15, 0.2) is 46.9 Å². The number of hydrogen-bond donors (Lipinski definition) is 1. The minimum atomic E-state index is 0.0191. The third-order valence-electron chi connectivity index (χ3n) is 7.03. The Balaban J connectivity index is 1.19. The van der Waals surface area contributed by atoms with Gasteiger partial charge < -0.3 is 14.6 Å². The Morgan fingerprint density at radius 2 is 1.76 bits per heavy atom. The fourth-order valence-electron chi connectivity index (χ4n) is 5.02. The summed E-state index contributed by atoms with van der Waals surface area (Å²) < 4.78 is 5.90. The molecule has 2 aliphatic rings. The second-order valence-corrected chi connectivity index (χ2v) is 9.56. The molecule has 3 aromatic rings. The Morgan fingerprint density at radius 3 is 2.48 bits per heavy atom. The van der Waals surface area contributed by atoms with Crippen LogP contribution in [0.3, 0.4) is 0 Å². The molecule has 0 spiro atoms. The van der Waals surface area contributed by atoms with Gasteiger partial charge in [0.1, 0.15) is 5.52 Å². The monoisotopic (exact) mass is 445 g/mol. The van der Waals surface area contributed by atoms with Crippen molar-refractivity contribution in [2.45, 2.75) is 57.9 Å². The van der Waals surface area contributed by atoms with Gasteiger partial charge >= 0.3 is 0 Å². The summed E-state index contributed by atoms with van der Waals surface area (Å²) in [5, 5.41) is 3.18. The van der Waals surface area contributed by atoms with E-state index in [0.717, 1.165) is 31.2 Å². The van der Waals surface area contributed by atoms with Gasteiger partial charge in [0.2, 0.25) is 11.8 Å². The van der Waals surface area contributed by atoms with Crippen molar-refractivity contribution in [2.75, 3.05) is 13.1 Å². The highest BCUT2D eigenvalue weighted by Crippen LogP contribution is 2.27. The first-order valence-electron chi connectivity index (χ1n) is 12.1. The molecule has 1 N–H and O–H groups in total. The van der Waals surface area contributed by atoms with Gasteiger partial charge in [-0.2, -0.15) is 0 Å². The van der Waals surface area contributed by atoms with Gasteiger partial charge in [0.05, 0.1) is 0 Å². The van der Waals surface area contributed by atoms with Crippen molar-refractivity contribution in [3.63, 3.8) is 0 Å². The summed E-state index contributed by atoms with van der Waals surface area (Å²) in [6.45, 7) is 3.42. The average molecular weight is 446 g/mol. The maximum absolute atomic E-state index is 13.1. The van der Waals surface area contributed by atoms with Crippen molar-refractivity contribution in [1.29, 1.82) is 0 Å². The third kappa shape index (κ3) is 4.95. The number of aryl methyl sites for hydroxylation is 1. The first kappa shape index (κ1) is 21.7. The number of hydrogen-bond acceptors (Lipinski definition) is 4. The fourth-order valence-corrected chi connectivity index (χ4v) is 5.02. The average Bonchev–Trinajstić information content (AvgIpc) is 3.48. The molecule has 33 heavy (non-hydrogen) atoms. The number of rotatable bonds is 5. The highest BCUT2D eigenvalue weighted by molar-refractivity contribution is 5.97. The molecule has 0 radical (unpaired) electrons.